The first-order valence-electron chi connectivity index (χ1n) is 7.09. The van der Waals surface area contributed by atoms with Gasteiger partial charge in [-0.05, 0) is 25.7 Å². The molecular formula is C13H21F3N2O. The fourth-order valence-corrected chi connectivity index (χ4v) is 2.94. The summed E-state index contributed by atoms with van der Waals surface area (Å²) in [5.41, 5.74) is 0. The molecule has 110 valence electrons. The van der Waals surface area contributed by atoms with Gasteiger partial charge in [0.15, 0.2) is 0 Å². The van der Waals surface area contributed by atoms with Gasteiger partial charge in [0.1, 0.15) is 0 Å². The average molecular weight is 278 g/mol. The lowest BCUT2D eigenvalue weighted by Gasteiger charge is -2.35. The summed E-state index contributed by atoms with van der Waals surface area (Å²) in [4.78, 5) is 13.3. The molecule has 1 aliphatic carbocycles. The molecule has 1 aliphatic heterocycles. The van der Waals surface area contributed by atoms with E-state index < -0.39 is 12.1 Å². The highest BCUT2D eigenvalue weighted by atomic mass is 19.4. The van der Waals surface area contributed by atoms with E-state index in [2.05, 4.69) is 5.32 Å². The van der Waals surface area contributed by atoms with Crippen molar-refractivity contribution in [1.82, 2.24) is 10.2 Å². The maximum atomic E-state index is 12.7. The minimum atomic E-state index is -4.19. The van der Waals surface area contributed by atoms with Crippen molar-refractivity contribution in [2.75, 3.05) is 13.1 Å². The number of rotatable bonds is 1. The fourth-order valence-electron chi connectivity index (χ4n) is 2.94. The van der Waals surface area contributed by atoms with Gasteiger partial charge in [-0.3, -0.25) is 0 Å². The molecule has 0 aromatic heterocycles. The largest absolute Gasteiger partial charge is 0.393 e. The first-order chi connectivity index (χ1) is 8.97. The van der Waals surface area contributed by atoms with E-state index in [0.717, 1.165) is 25.7 Å². The Bertz CT molecular complexity index is 314. The van der Waals surface area contributed by atoms with Crippen molar-refractivity contribution in [2.45, 2.75) is 57.2 Å². The Morgan fingerprint density at radius 2 is 1.74 bits per heavy atom. The Morgan fingerprint density at radius 3 is 2.37 bits per heavy atom. The number of nitrogens with zero attached hydrogens (tertiary/aromatic N) is 1. The lowest BCUT2D eigenvalue weighted by Crippen LogP contribution is -2.51. The van der Waals surface area contributed by atoms with Crippen molar-refractivity contribution >= 4 is 6.03 Å². The highest BCUT2D eigenvalue weighted by Crippen LogP contribution is 2.33. The zero-order valence-corrected chi connectivity index (χ0v) is 11.0. The molecule has 0 aromatic carbocycles. The topological polar surface area (TPSA) is 32.3 Å². The SMILES string of the molecule is O=C(NC1CCCCC1)N1CCCC(C(F)(F)F)C1. The minimum absolute atomic E-state index is 0.136. The van der Waals surface area contributed by atoms with Crippen LogP contribution >= 0.6 is 0 Å². The number of urea groups is 1. The number of amides is 2. The van der Waals surface area contributed by atoms with Crippen LogP contribution in [-0.2, 0) is 0 Å². The summed E-state index contributed by atoms with van der Waals surface area (Å²) in [6.45, 7) is 0.243. The molecule has 1 atom stereocenters. The maximum absolute atomic E-state index is 12.7. The van der Waals surface area contributed by atoms with Gasteiger partial charge >= 0.3 is 12.2 Å². The summed E-state index contributed by atoms with van der Waals surface area (Å²) in [6, 6.07) is -0.173. The van der Waals surface area contributed by atoms with E-state index in [9.17, 15) is 18.0 Å². The summed E-state index contributed by atoms with van der Waals surface area (Å²) in [6.07, 6.45) is 1.64. The standard InChI is InChI=1S/C13H21F3N2O/c14-13(15,16)10-5-4-8-18(9-10)12(19)17-11-6-2-1-3-7-11/h10-11H,1-9H2,(H,17,19). The Hall–Kier alpha value is -0.940. The van der Waals surface area contributed by atoms with Crippen LogP contribution in [-0.4, -0.2) is 36.2 Å². The van der Waals surface area contributed by atoms with E-state index in [1.165, 1.54) is 11.3 Å². The van der Waals surface area contributed by atoms with Crippen molar-refractivity contribution < 1.29 is 18.0 Å². The van der Waals surface area contributed by atoms with Gasteiger partial charge in [0.05, 0.1) is 5.92 Å². The number of hydrogen-bond acceptors (Lipinski definition) is 1. The molecule has 2 rings (SSSR count). The number of nitrogens with one attached hydrogen (secondary N) is 1. The van der Waals surface area contributed by atoms with Crippen molar-refractivity contribution in [3.8, 4) is 0 Å². The minimum Gasteiger partial charge on any atom is -0.335 e. The molecule has 0 aromatic rings. The Labute approximate surface area is 111 Å². The molecule has 19 heavy (non-hydrogen) atoms. The summed E-state index contributed by atoms with van der Waals surface area (Å²) in [5.74, 6) is -1.36. The van der Waals surface area contributed by atoms with E-state index >= 15 is 0 Å². The summed E-state index contributed by atoms with van der Waals surface area (Å²) < 4.78 is 38.0. The molecule has 1 saturated heterocycles. The Morgan fingerprint density at radius 1 is 1.05 bits per heavy atom. The van der Waals surface area contributed by atoms with Crippen molar-refractivity contribution in [1.29, 1.82) is 0 Å². The van der Waals surface area contributed by atoms with Crippen molar-refractivity contribution in [2.24, 2.45) is 5.92 Å². The lowest BCUT2D eigenvalue weighted by molar-refractivity contribution is -0.184. The predicted molar refractivity (Wildman–Crippen MR) is 65.8 cm³/mol. The van der Waals surface area contributed by atoms with Crippen LogP contribution in [0.4, 0.5) is 18.0 Å². The molecule has 2 aliphatic rings. The number of halogens is 3. The van der Waals surface area contributed by atoms with Crippen LogP contribution in [0.25, 0.3) is 0 Å². The van der Waals surface area contributed by atoms with E-state index in [-0.39, 0.29) is 25.0 Å². The van der Waals surface area contributed by atoms with E-state index in [1.807, 2.05) is 0 Å². The van der Waals surface area contributed by atoms with Crippen molar-refractivity contribution in [3.63, 3.8) is 0 Å². The van der Waals surface area contributed by atoms with Crippen LogP contribution in [0.15, 0.2) is 0 Å². The highest BCUT2D eigenvalue weighted by molar-refractivity contribution is 5.74. The molecule has 0 radical (unpaired) electrons. The number of hydrogen-bond donors (Lipinski definition) is 1. The number of piperidine rings is 1. The number of carbonyl (C=O) groups is 1. The third kappa shape index (κ3) is 4.01. The van der Waals surface area contributed by atoms with Crippen LogP contribution in [0.3, 0.4) is 0 Å². The third-order valence-electron chi connectivity index (χ3n) is 4.10. The van der Waals surface area contributed by atoms with Gasteiger partial charge < -0.3 is 10.2 Å². The molecule has 1 saturated carbocycles. The molecule has 2 fully saturated rings. The molecule has 0 spiro atoms. The second-order valence-corrected chi connectivity index (χ2v) is 5.61. The van der Waals surface area contributed by atoms with Gasteiger partial charge in [0, 0.05) is 19.1 Å². The van der Waals surface area contributed by atoms with Gasteiger partial charge in [-0.15, -0.1) is 0 Å². The molecule has 1 heterocycles. The van der Waals surface area contributed by atoms with Crippen molar-refractivity contribution in [3.05, 3.63) is 0 Å². The highest BCUT2D eigenvalue weighted by Gasteiger charge is 2.42. The van der Waals surface area contributed by atoms with Gasteiger partial charge in [-0.1, -0.05) is 19.3 Å². The zero-order chi connectivity index (χ0) is 13.9. The predicted octanol–water partition coefficient (Wildman–Crippen LogP) is 3.30. The monoisotopic (exact) mass is 278 g/mol. The van der Waals surface area contributed by atoms with Gasteiger partial charge in [-0.2, -0.15) is 13.2 Å². The molecule has 6 heteroatoms. The van der Waals surface area contributed by atoms with Crippen LogP contribution in [0, 0.1) is 5.92 Å². The second-order valence-electron chi connectivity index (χ2n) is 5.61. The quantitative estimate of drug-likeness (QED) is 0.784. The molecular weight excluding hydrogens is 257 g/mol. The van der Waals surface area contributed by atoms with E-state index in [4.69, 9.17) is 0 Å². The average Bonchev–Trinajstić information content (AvgIpc) is 2.39. The number of alkyl halides is 3. The number of carbonyl (C=O) groups excluding carboxylic acids is 1. The lowest BCUT2D eigenvalue weighted by atomic mass is 9.95. The summed E-state index contributed by atoms with van der Waals surface area (Å²) in [7, 11) is 0. The van der Waals surface area contributed by atoms with E-state index in [0.29, 0.717) is 13.0 Å². The Kier molecular flexibility index (Phi) is 4.58. The number of likely N-dealkylation sites (tertiary alicyclic amines) is 1. The summed E-state index contributed by atoms with van der Waals surface area (Å²) >= 11 is 0. The first-order valence-corrected chi connectivity index (χ1v) is 7.09. The summed E-state index contributed by atoms with van der Waals surface area (Å²) in [5, 5.41) is 2.88. The van der Waals surface area contributed by atoms with Crippen LogP contribution in [0.1, 0.15) is 44.9 Å². The van der Waals surface area contributed by atoms with E-state index in [1.54, 1.807) is 0 Å². The second kappa shape index (κ2) is 6.01. The first kappa shape index (κ1) is 14.5. The van der Waals surface area contributed by atoms with Gasteiger partial charge in [0.2, 0.25) is 0 Å². The Balaban J connectivity index is 1.84. The van der Waals surface area contributed by atoms with Crippen LogP contribution < -0.4 is 5.32 Å². The molecule has 1 unspecified atom stereocenters. The van der Waals surface area contributed by atoms with Gasteiger partial charge in [0.25, 0.3) is 0 Å². The molecule has 0 bridgehead atoms. The molecule has 1 N–H and O–H groups in total. The zero-order valence-electron chi connectivity index (χ0n) is 11.0. The normalized spacial score (nSPS) is 26.3. The molecule has 3 nitrogen and oxygen atoms in total. The maximum Gasteiger partial charge on any atom is 0.393 e. The third-order valence-corrected chi connectivity index (χ3v) is 4.10. The molecule has 2 amide bonds. The smallest absolute Gasteiger partial charge is 0.335 e. The van der Waals surface area contributed by atoms with Crippen LogP contribution in [0.5, 0.6) is 0 Å². The fraction of sp³-hybridized carbons (Fsp3) is 0.923. The van der Waals surface area contributed by atoms with Gasteiger partial charge in [-0.25, -0.2) is 4.79 Å². The van der Waals surface area contributed by atoms with Crippen LogP contribution in [0.2, 0.25) is 0 Å².